The summed E-state index contributed by atoms with van der Waals surface area (Å²) in [6.07, 6.45) is 6.10. The van der Waals surface area contributed by atoms with Crippen molar-refractivity contribution in [3.8, 4) is 0 Å². The lowest BCUT2D eigenvalue weighted by Gasteiger charge is -2.36. The SMILES string of the molecule is CC1CC(C)CC(C(O)C2CCCN2)C1. The quantitative estimate of drug-likeness (QED) is 0.733. The Morgan fingerprint density at radius 2 is 1.80 bits per heavy atom. The van der Waals surface area contributed by atoms with Gasteiger partial charge in [0.2, 0.25) is 0 Å². The molecule has 4 unspecified atom stereocenters. The maximum absolute atomic E-state index is 10.3. The Balaban J connectivity index is 1.90. The van der Waals surface area contributed by atoms with Gasteiger partial charge in [-0.15, -0.1) is 0 Å². The number of aliphatic hydroxyl groups excluding tert-OH is 1. The van der Waals surface area contributed by atoms with E-state index in [1.165, 1.54) is 32.1 Å². The number of hydrogen-bond acceptors (Lipinski definition) is 2. The Hall–Kier alpha value is -0.0800. The largest absolute Gasteiger partial charge is 0.391 e. The molecule has 2 heteroatoms. The van der Waals surface area contributed by atoms with Gasteiger partial charge in [0.15, 0.2) is 0 Å². The standard InChI is InChI=1S/C13H25NO/c1-9-6-10(2)8-11(7-9)13(15)12-4-3-5-14-12/h9-15H,3-8H2,1-2H3. The number of nitrogens with one attached hydrogen (secondary N) is 1. The van der Waals surface area contributed by atoms with Crippen molar-refractivity contribution in [3.63, 3.8) is 0 Å². The minimum Gasteiger partial charge on any atom is -0.391 e. The third kappa shape index (κ3) is 2.73. The first-order valence-electron chi connectivity index (χ1n) is 6.58. The highest BCUT2D eigenvalue weighted by Gasteiger charge is 2.34. The van der Waals surface area contributed by atoms with Crippen molar-refractivity contribution in [3.05, 3.63) is 0 Å². The second-order valence-corrected chi connectivity index (χ2v) is 5.87. The van der Waals surface area contributed by atoms with Gasteiger partial charge in [0.05, 0.1) is 6.10 Å². The fourth-order valence-electron chi connectivity index (χ4n) is 3.62. The van der Waals surface area contributed by atoms with Crippen LogP contribution in [-0.4, -0.2) is 23.8 Å². The minimum atomic E-state index is -0.0994. The molecular weight excluding hydrogens is 186 g/mol. The number of hydrogen-bond donors (Lipinski definition) is 2. The molecule has 1 saturated heterocycles. The van der Waals surface area contributed by atoms with Gasteiger partial charge in [-0.25, -0.2) is 0 Å². The van der Waals surface area contributed by atoms with Crippen LogP contribution < -0.4 is 5.32 Å². The van der Waals surface area contributed by atoms with Crippen LogP contribution in [0.15, 0.2) is 0 Å². The molecular formula is C13H25NO. The number of aliphatic hydroxyl groups is 1. The summed E-state index contributed by atoms with van der Waals surface area (Å²) < 4.78 is 0. The lowest BCUT2D eigenvalue weighted by molar-refractivity contribution is 0.0325. The van der Waals surface area contributed by atoms with E-state index < -0.39 is 0 Å². The Morgan fingerprint density at radius 1 is 1.13 bits per heavy atom. The Bertz CT molecular complexity index is 191. The van der Waals surface area contributed by atoms with Gasteiger partial charge in [-0.05, 0) is 56.4 Å². The zero-order valence-electron chi connectivity index (χ0n) is 10.1. The molecule has 2 fully saturated rings. The molecule has 2 N–H and O–H groups in total. The summed E-state index contributed by atoms with van der Waals surface area (Å²) in [5.74, 6) is 2.14. The maximum atomic E-state index is 10.3. The van der Waals surface area contributed by atoms with E-state index in [1.807, 2.05) is 0 Å². The predicted octanol–water partition coefficient (Wildman–Crippen LogP) is 2.17. The zero-order chi connectivity index (χ0) is 10.8. The van der Waals surface area contributed by atoms with Crippen molar-refractivity contribution in [2.75, 3.05) is 6.54 Å². The van der Waals surface area contributed by atoms with Crippen LogP contribution in [0.3, 0.4) is 0 Å². The van der Waals surface area contributed by atoms with E-state index in [2.05, 4.69) is 19.2 Å². The van der Waals surface area contributed by atoms with E-state index in [9.17, 15) is 5.11 Å². The summed E-state index contributed by atoms with van der Waals surface area (Å²) in [4.78, 5) is 0. The average molecular weight is 211 g/mol. The van der Waals surface area contributed by atoms with Gasteiger partial charge >= 0.3 is 0 Å². The van der Waals surface area contributed by atoms with E-state index in [-0.39, 0.29) is 6.10 Å². The average Bonchev–Trinajstić information content (AvgIpc) is 2.67. The molecule has 0 aromatic carbocycles. The summed E-state index contributed by atoms with van der Waals surface area (Å²) in [5, 5.41) is 13.8. The minimum absolute atomic E-state index is 0.0994. The molecule has 0 amide bonds. The van der Waals surface area contributed by atoms with Crippen LogP contribution in [0.4, 0.5) is 0 Å². The van der Waals surface area contributed by atoms with E-state index >= 15 is 0 Å². The van der Waals surface area contributed by atoms with E-state index in [0.29, 0.717) is 12.0 Å². The molecule has 2 nitrogen and oxygen atoms in total. The van der Waals surface area contributed by atoms with Gasteiger partial charge in [-0.1, -0.05) is 13.8 Å². The van der Waals surface area contributed by atoms with Crippen molar-refractivity contribution in [1.29, 1.82) is 0 Å². The monoisotopic (exact) mass is 211 g/mol. The summed E-state index contributed by atoms with van der Waals surface area (Å²) in [7, 11) is 0. The molecule has 0 radical (unpaired) electrons. The molecule has 4 atom stereocenters. The second-order valence-electron chi connectivity index (χ2n) is 5.87. The van der Waals surface area contributed by atoms with Crippen LogP contribution in [-0.2, 0) is 0 Å². The van der Waals surface area contributed by atoms with Crippen LogP contribution in [0.5, 0.6) is 0 Å². The smallest absolute Gasteiger partial charge is 0.0721 e. The van der Waals surface area contributed by atoms with Crippen molar-refractivity contribution in [1.82, 2.24) is 5.32 Å². The first-order chi connectivity index (χ1) is 7.16. The zero-order valence-corrected chi connectivity index (χ0v) is 10.1. The molecule has 1 heterocycles. The molecule has 1 aliphatic carbocycles. The van der Waals surface area contributed by atoms with Gasteiger partial charge in [0, 0.05) is 6.04 Å². The van der Waals surface area contributed by atoms with Crippen molar-refractivity contribution < 1.29 is 5.11 Å². The van der Waals surface area contributed by atoms with Crippen LogP contribution >= 0.6 is 0 Å². The van der Waals surface area contributed by atoms with Crippen LogP contribution in [0.25, 0.3) is 0 Å². The van der Waals surface area contributed by atoms with Crippen LogP contribution in [0, 0.1) is 17.8 Å². The van der Waals surface area contributed by atoms with Crippen molar-refractivity contribution >= 4 is 0 Å². The second kappa shape index (κ2) is 4.84. The maximum Gasteiger partial charge on any atom is 0.0721 e. The van der Waals surface area contributed by atoms with Gasteiger partial charge in [0.25, 0.3) is 0 Å². The highest BCUT2D eigenvalue weighted by Crippen LogP contribution is 2.36. The normalized spacial score (nSPS) is 44.2. The summed E-state index contributed by atoms with van der Waals surface area (Å²) in [5.41, 5.74) is 0. The summed E-state index contributed by atoms with van der Waals surface area (Å²) in [6, 6.07) is 0.382. The Kier molecular flexibility index (Phi) is 3.68. The molecule has 0 spiro atoms. The van der Waals surface area contributed by atoms with Crippen molar-refractivity contribution in [2.45, 2.75) is 58.1 Å². The third-order valence-electron chi connectivity index (χ3n) is 4.21. The highest BCUT2D eigenvalue weighted by atomic mass is 16.3. The topological polar surface area (TPSA) is 32.3 Å². The molecule has 1 aliphatic heterocycles. The van der Waals surface area contributed by atoms with Gasteiger partial charge in [-0.3, -0.25) is 0 Å². The Labute approximate surface area is 93.5 Å². The molecule has 0 bridgehead atoms. The lowest BCUT2D eigenvalue weighted by Crippen LogP contribution is -2.42. The predicted molar refractivity (Wildman–Crippen MR) is 62.7 cm³/mol. The lowest BCUT2D eigenvalue weighted by atomic mass is 9.73. The van der Waals surface area contributed by atoms with E-state index in [0.717, 1.165) is 18.4 Å². The van der Waals surface area contributed by atoms with Gasteiger partial charge < -0.3 is 10.4 Å². The van der Waals surface area contributed by atoms with Crippen LogP contribution in [0.2, 0.25) is 0 Å². The van der Waals surface area contributed by atoms with E-state index in [1.54, 1.807) is 0 Å². The van der Waals surface area contributed by atoms with Gasteiger partial charge in [0.1, 0.15) is 0 Å². The molecule has 15 heavy (non-hydrogen) atoms. The molecule has 2 rings (SSSR count). The molecule has 1 saturated carbocycles. The fourth-order valence-corrected chi connectivity index (χ4v) is 3.62. The van der Waals surface area contributed by atoms with E-state index in [4.69, 9.17) is 0 Å². The summed E-state index contributed by atoms with van der Waals surface area (Å²) in [6.45, 7) is 5.76. The van der Waals surface area contributed by atoms with Crippen molar-refractivity contribution in [2.24, 2.45) is 17.8 Å². The fraction of sp³-hybridized carbons (Fsp3) is 1.00. The summed E-state index contributed by atoms with van der Waals surface area (Å²) >= 11 is 0. The molecule has 0 aromatic rings. The Morgan fingerprint density at radius 3 is 2.33 bits per heavy atom. The molecule has 88 valence electrons. The van der Waals surface area contributed by atoms with Gasteiger partial charge in [-0.2, -0.15) is 0 Å². The third-order valence-corrected chi connectivity index (χ3v) is 4.21. The molecule has 2 aliphatic rings. The highest BCUT2D eigenvalue weighted by molar-refractivity contribution is 4.89. The number of rotatable bonds is 2. The molecule has 0 aromatic heterocycles. The first kappa shape index (κ1) is 11.4. The first-order valence-corrected chi connectivity index (χ1v) is 6.58. The van der Waals surface area contributed by atoms with Crippen LogP contribution in [0.1, 0.15) is 46.0 Å².